The highest BCUT2D eigenvalue weighted by atomic mass is 15.2. The van der Waals surface area contributed by atoms with Gasteiger partial charge in [0.05, 0.1) is 11.0 Å². The van der Waals surface area contributed by atoms with Crippen LogP contribution >= 0.6 is 0 Å². The number of para-hydroxylation sites is 2. The molecule has 71 heavy (non-hydrogen) atoms. The van der Waals surface area contributed by atoms with Crippen molar-refractivity contribution in [1.29, 1.82) is 0 Å². The van der Waals surface area contributed by atoms with E-state index in [4.69, 9.17) is 180 Å². The first-order valence-electron chi connectivity index (χ1n) is 21.2. The molecule has 42 radical (unpaired) electrons. The molecule has 0 unspecified atom stereocenters. The van der Waals surface area contributed by atoms with Crippen LogP contribution in [0, 0.1) is 0 Å². The second kappa shape index (κ2) is 17.3. The van der Waals surface area contributed by atoms with Crippen LogP contribution in [0.2, 0.25) is 0 Å². The first kappa shape index (κ1) is 49.1. The van der Waals surface area contributed by atoms with Gasteiger partial charge in [-0.1, -0.05) is 102 Å². The summed E-state index contributed by atoms with van der Waals surface area (Å²) in [7, 11) is 140. The number of hydrogen-bond donors (Lipinski definition) is 0. The van der Waals surface area contributed by atoms with E-state index in [1.54, 1.807) is 4.57 Å². The second-order valence-corrected chi connectivity index (χ2v) is 17.0. The fraction of sp³-hybridized carbons (Fsp3) is 0. The minimum absolute atomic E-state index is 0.00178. The Morgan fingerprint density at radius 2 is 0.577 bits per heavy atom. The van der Waals surface area contributed by atoms with Gasteiger partial charge in [0.1, 0.15) is 165 Å². The highest BCUT2D eigenvalue weighted by molar-refractivity contribution is 6.74. The molecule has 5 nitrogen and oxygen atoms in total. The minimum Gasteiger partial charge on any atom is -0.310 e. The molecule has 3 heterocycles. The summed E-state index contributed by atoms with van der Waals surface area (Å²) in [5.41, 5.74) is -0.842. The molecule has 0 amide bonds. The van der Waals surface area contributed by atoms with Crippen molar-refractivity contribution >= 4 is 323 Å². The highest BCUT2D eigenvalue weighted by Crippen LogP contribution is 2.34. The average molecular weight is 846 g/mol. The molecule has 0 aliphatic carbocycles. The van der Waals surface area contributed by atoms with Crippen molar-refractivity contribution in [3.63, 3.8) is 0 Å². The van der Waals surface area contributed by atoms with Crippen LogP contribution in [0.15, 0.2) is 48.5 Å². The molecule has 0 bridgehead atoms. The van der Waals surface area contributed by atoms with Gasteiger partial charge in [-0.25, -0.2) is 4.98 Å². The molecule has 3 aromatic heterocycles. The van der Waals surface area contributed by atoms with Crippen LogP contribution in [0.25, 0.3) is 89.2 Å². The predicted molar refractivity (Wildman–Crippen MR) is 318 cm³/mol. The third kappa shape index (κ3) is 6.80. The highest BCUT2D eigenvalue weighted by Gasteiger charge is 2.30. The number of aromatic nitrogens is 5. The Balaban J connectivity index is 1.41. The Bertz CT molecular complexity index is 3900. The van der Waals surface area contributed by atoms with Gasteiger partial charge in [-0.3, -0.25) is 4.57 Å². The van der Waals surface area contributed by atoms with E-state index in [1.807, 2.05) is 48.5 Å². The Kier molecular flexibility index (Phi) is 12.0. The molecule has 276 valence electrons. The third-order valence-corrected chi connectivity index (χ3v) is 13.3. The maximum Gasteiger partial charge on any atom is 0.238 e. The summed E-state index contributed by atoms with van der Waals surface area (Å²) < 4.78 is 3.26. The van der Waals surface area contributed by atoms with Gasteiger partial charge < -0.3 is 4.57 Å². The first-order chi connectivity index (χ1) is 33.5. The van der Waals surface area contributed by atoms with Gasteiger partial charge in [0.25, 0.3) is 0 Å². The summed E-state index contributed by atoms with van der Waals surface area (Å²) in [5, 5.41) is 2.06. The number of rotatable bonds is 5. The van der Waals surface area contributed by atoms with Gasteiger partial charge in [-0.2, -0.15) is 9.97 Å². The lowest BCUT2D eigenvalue weighted by atomic mass is 9.56. The molecule has 10 aromatic rings. The number of hydrogen-bond acceptors (Lipinski definition) is 3. The van der Waals surface area contributed by atoms with E-state index in [-0.39, 0.29) is 182 Å². The van der Waals surface area contributed by atoms with Crippen molar-refractivity contribution in [2.45, 2.75) is 0 Å². The Morgan fingerprint density at radius 3 is 1.01 bits per heavy atom. The summed E-state index contributed by atoms with van der Waals surface area (Å²) in [6.07, 6.45) is 0. The van der Waals surface area contributed by atoms with Crippen LogP contribution in [0.3, 0.4) is 0 Å². The Hall–Kier alpha value is -5.49. The van der Waals surface area contributed by atoms with E-state index in [0.29, 0.717) is 11.0 Å². The van der Waals surface area contributed by atoms with E-state index >= 15 is 0 Å². The summed E-state index contributed by atoms with van der Waals surface area (Å²) in [4.78, 5) is 15.2. The van der Waals surface area contributed by atoms with E-state index in [0.717, 1.165) is 10.8 Å². The van der Waals surface area contributed by atoms with Crippen molar-refractivity contribution in [2.24, 2.45) is 0 Å². The zero-order chi connectivity index (χ0) is 51.3. The van der Waals surface area contributed by atoms with Gasteiger partial charge in [0.2, 0.25) is 5.95 Å². The summed E-state index contributed by atoms with van der Waals surface area (Å²) >= 11 is 0. The van der Waals surface area contributed by atoms with Crippen LogP contribution < -0.4 is 115 Å². The molecule has 0 aliphatic heterocycles. The molecule has 0 atom stereocenters. The van der Waals surface area contributed by atoms with Gasteiger partial charge in [-0.05, 0) is 34.0 Å². The third-order valence-electron chi connectivity index (χ3n) is 13.3. The second-order valence-electron chi connectivity index (χ2n) is 17.0. The maximum absolute atomic E-state index is 7.09. The quantitative estimate of drug-likeness (QED) is 0.162. The van der Waals surface area contributed by atoms with Crippen molar-refractivity contribution in [3.8, 4) is 45.5 Å². The lowest BCUT2D eigenvalue weighted by molar-refractivity contribution is 0.954. The number of nitrogens with zero attached hydrogens (tertiary/aromatic N) is 5. The summed E-state index contributed by atoms with van der Waals surface area (Å²) in [6.45, 7) is 0. The largest absolute Gasteiger partial charge is 0.310 e. The fourth-order valence-corrected chi connectivity index (χ4v) is 9.49. The molecule has 26 heteroatoms. The topological polar surface area (TPSA) is 48.5 Å². The van der Waals surface area contributed by atoms with Crippen LogP contribution in [0.1, 0.15) is 0 Å². The molecule has 7 aromatic carbocycles. The standard InChI is InChI=1S/C45H8B21N5/c46-19-13(14-21(48)28(55)33(60)29(56)22(14)49)20(47)26(53)17(25(19)52)43-67-44(69-45(68-43)70-11-7-3-1-5-9(11)10-6-2-4-8-12(10)70)18-27(54)32(59)36(63)39(66)42(18)71-40-15(23(50)30(57)34(61)37(40)64)16-24(51)31(58)35(62)38(65)41(16)71/h1-8H. The van der Waals surface area contributed by atoms with E-state index in [1.165, 1.54) is 4.57 Å². The predicted octanol–water partition coefficient (Wildman–Crippen LogP) is -14.3. The smallest absolute Gasteiger partial charge is 0.238 e. The number of fused-ring (bicyclic) bond motifs is 6. The van der Waals surface area contributed by atoms with Gasteiger partial charge >= 0.3 is 0 Å². The molecule has 0 fully saturated rings. The molecule has 10 rings (SSSR count). The molecule has 0 N–H and O–H groups in total. The minimum atomic E-state index is -0.203. The van der Waals surface area contributed by atoms with E-state index in [9.17, 15) is 0 Å². The zero-order valence-electron chi connectivity index (χ0n) is 37.5. The molecule has 0 aliphatic rings. The van der Waals surface area contributed by atoms with E-state index < -0.39 is 0 Å². The maximum atomic E-state index is 7.09. The molecule has 0 saturated heterocycles. The average Bonchev–Trinajstić information content (AvgIpc) is 3.90. The van der Waals surface area contributed by atoms with E-state index in [2.05, 4.69) is 0 Å². The molecular weight excluding hydrogens is 838 g/mol. The van der Waals surface area contributed by atoms with Crippen LogP contribution in [0.4, 0.5) is 0 Å². The summed E-state index contributed by atoms with van der Waals surface area (Å²) in [5.74, 6) is -0.393. The van der Waals surface area contributed by atoms with Crippen molar-refractivity contribution in [3.05, 3.63) is 48.5 Å². The van der Waals surface area contributed by atoms with Crippen molar-refractivity contribution < 1.29 is 0 Å². The lowest BCUT2D eigenvalue weighted by Gasteiger charge is -2.28. The van der Waals surface area contributed by atoms with Gasteiger partial charge in [0.15, 0.2) is 11.6 Å². The Morgan fingerprint density at radius 1 is 0.268 bits per heavy atom. The van der Waals surface area contributed by atoms with Crippen molar-refractivity contribution in [2.75, 3.05) is 0 Å². The van der Waals surface area contributed by atoms with Crippen molar-refractivity contribution in [1.82, 2.24) is 24.1 Å². The fourth-order valence-electron chi connectivity index (χ4n) is 9.49. The van der Waals surface area contributed by atoms with Crippen LogP contribution in [-0.2, 0) is 0 Å². The monoisotopic (exact) mass is 849 g/mol. The lowest BCUT2D eigenvalue weighted by Crippen LogP contribution is -2.57. The summed E-state index contributed by atoms with van der Waals surface area (Å²) in [6, 6.07) is 15.2. The van der Waals surface area contributed by atoms with Crippen LogP contribution in [-0.4, -0.2) is 189 Å². The van der Waals surface area contributed by atoms with Crippen LogP contribution in [0.5, 0.6) is 0 Å². The zero-order valence-corrected chi connectivity index (χ0v) is 37.5. The first-order valence-corrected chi connectivity index (χ1v) is 21.2. The number of benzene rings is 7. The van der Waals surface area contributed by atoms with Gasteiger partial charge in [-0.15, -0.1) is 49.2 Å². The van der Waals surface area contributed by atoms with Gasteiger partial charge in [0, 0.05) is 38.6 Å². The Labute approximate surface area is 438 Å². The molecular formula is C45H8B21N5. The normalized spacial score (nSPS) is 11.7. The molecule has 0 spiro atoms. The SMILES string of the molecule is [B]c1c([B])c([B])c(-c2c([B])c([B])c(-c3nc(-c4c([B])c([B])c([B])c([B])c4-n4c5c([B])c([B])c([B])c([B])c5c5c([B])c([B])c([B])c([B])c54)nc(-n4c5ccccc5c5ccccc54)n3)c([B])c2[B])c([B])c1[B]. The molecule has 0 saturated carbocycles.